The van der Waals surface area contributed by atoms with Crippen LogP contribution in [0.4, 0.5) is 0 Å². The summed E-state index contributed by atoms with van der Waals surface area (Å²) in [6.45, 7) is 4.58. The molecule has 1 aliphatic rings. The first-order valence-corrected chi connectivity index (χ1v) is 17.6. The molecule has 0 amide bonds. The Morgan fingerprint density at radius 2 is 1.54 bits per heavy atom. The number of alkyl halides is 1. The average molecular weight is 729 g/mol. The van der Waals surface area contributed by atoms with Gasteiger partial charge in [0.25, 0.3) is 0 Å². The first kappa shape index (κ1) is 34.7. The van der Waals surface area contributed by atoms with Crippen molar-refractivity contribution in [3.8, 4) is 11.5 Å². The first-order chi connectivity index (χ1) is 22.5. The van der Waals surface area contributed by atoms with Crippen LogP contribution in [0.5, 0.6) is 11.5 Å². The van der Waals surface area contributed by atoms with E-state index in [0.29, 0.717) is 68.9 Å². The van der Waals surface area contributed by atoms with E-state index in [1.54, 1.807) is 0 Å². The van der Waals surface area contributed by atoms with Crippen LogP contribution in [0.3, 0.4) is 0 Å². The maximum atomic E-state index is 6.99. The minimum atomic E-state index is -0.293. The first-order valence-electron chi connectivity index (χ1n) is 15.9. The van der Waals surface area contributed by atoms with Crippen LogP contribution in [0.25, 0.3) is 0 Å². The van der Waals surface area contributed by atoms with E-state index in [1.165, 1.54) is 0 Å². The van der Waals surface area contributed by atoms with Crippen molar-refractivity contribution >= 4 is 39.1 Å². The van der Waals surface area contributed by atoms with E-state index in [2.05, 4.69) is 58.4 Å². The van der Waals surface area contributed by atoms with Gasteiger partial charge in [-0.1, -0.05) is 84.4 Å². The summed E-state index contributed by atoms with van der Waals surface area (Å²) in [7, 11) is 0. The standard InChI is InChI=1S/C38H41BrCl2O5/c1-2-43-31-16-14-27(15-17-31)20-30-21-34(38(36(39)37(30)41)44-19-9-18-40)35-23-32(45-25-29-12-7-4-8-13-29)22-33(46-35)26-42-24-28-10-5-3-6-11-28/h3-8,10-17,21,32-33,35H,2,9,18-20,22-26H2,1H3. The molecule has 244 valence electrons. The molecule has 1 fully saturated rings. The number of rotatable bonds is 16. The van der Waals surface area contributed by atoms with Gasteiger partial charge in [-0.15, -0.1) is 11.6 Å². The van der Waals surface area contributed by atoms with Crippen LogP contribution >= 0.6 is 39.1 Å². The summed E-state index contributed by atoms with van der Waals surface area (Å²) in [5.41, 5.74) is 5.31. The fourth-order valence-electron chi connectivity index (χ4n) is 5.60. The smallest absolute Gasteiger partial charge is 0.140 e. The zero-order valence-electron chi connectivity index (χ0n) is 26.1. The van der Waals surface area contributed by atoms with Crippen molar-refractivity contribution in [3.05, 3.63) is 128 Å². The molecule has 1 heterocycles. The van der Waals surface area contributed by atoms with Gasteiger partial charge in [0.2, 0.25) is 0 Å². The number of ether oxygens (including phenoxy) is 5. The molecule has 8 heteroatoms. The molecular formula is C38H41BrCl2O5. The van der Waals surface area contributed by atoms with Gasteiger partial charge in [0.1, 0.15) is 11.5 Å². The Bertz CT molecular complexity index is 1490. The summed E-state index contributed by atoms with van der Waals surface area (Å²) in [5, 5.41) is 0.619. The molecule has 0 spiro atoms. The highest BCUT2D eigenvalue weighted by Gasteiger charge is 2.34. The van der Waals surface area contributed by atoms with Gasteiger partial charge in [0.05, 0.1) is 60.8 Å². The predicted molar refractivity (Wildman–Crippen MR) is 188 cm³/mol. The fourth-order valence-corrected chi connectivity index (χ4v) is 6.52. The Labute approximate surface area is 291 Å². The minimum Gasteiger partial charge on any atom is -0.494 e. The third kappa shape index (κ3) is 9.96. The van der Waals surface area contributed by atoms with Crippen molar-refractivity contribution in [3.63, 3.8) is 0 Å². The van der Waals surface area contributed by atoms with Crippen LogP contribution in [-0.2, 0) is 33.8 Å². The van der Waals surface area contributed by atoms with E-state index in [1.807, 2.05) is 55.5 Å². The SMILES string of the molecule is CCOc1ccc(Cc2cc(C3CC(OCc4ccccc4)CC(COCc4ccccc4)O3)c(OCCCCl)c(Br)c2Cl)cc1. The van der Waals surface area contributed by atoms with Gasteiger partial charge < -0.3 is 23.7 Å². The number of hydrogen-bond donors (Lipinski definition) is 0. The molecule has 0 aliphatic carbocycles. The molecular weight excluding hydrogens is 687 g/mol. The quantitative estimate of drug-likeness (QED) is 0.0850. The third-order valence-corrected chi connectivity index (χ3v) is 9.55. The molecule has 1 aliphatic heterocycles. The summed E-state index contributed by atoms with van der Waals surface area (Å²) in [4.78, 5) is 0. The number of hydrogen-bond acceptors (Lipinski definition) is 5. The largest absolute Gasteiger partial charge is 0.494 e. The van der Waals surface area contributed by atoms with Crippen LogP contribution in [-0.4, -0.2) is 37.9 Å². The molecule has 0 aromatic heterocycles. The molecule has 0 radical (unpaired) electrons. The van der Waals surface area contributed by atoms with Gasteiger partial charge in [0, 0.05) is 24.3 Å². The van der Waals surface area contributed by atoms with E-state index in [4.69, 9.17) is 46.9 Å². The van der Waals surface area contributed by atoms with Crippen molar-refractivity contribution in [1.29, 1.82) is 0 Å². The summed E-state index contributed by atoms with van der Waals surface area (Å²) in [6.07, 6.45) is 2.26. The topological polar surface area (TPSA) is 46.2 Å². The lowest BCUT2D eigenvalue weighted by atomic mass is 9.93. The highest BCUT2D eigenvalue weighted by atomic mass is 79.9. The third-order valence-electron chi connectivity index (χ3n) is 7.87. The number of halogens is 3. The van der Waals surface area contributed by atoms with Crippen molar-refractivity contribution in [2.45, 2.75) is 64.1 Å². The van der Waals surface area contributed by atoms with Gasteiger partial charge in [0.15, 0.2) is 0 Å². The highest BCUT2D eigenvalue weighted by Crippen LogP contribution is 2.45. The van der Waals surface area contributed by atoms with Crippen LogP contribution in [0, 0.1) is 0 Å². The molecule has 3 atom stereocenters. The zero-order valence-corrected chi connectivity index (χ0v) is 29.2. The number of benzene rings is 4. The molecule has 0 N–H and O–H groups in total. The van der Waals surface area contributed by atoms with Crippen molar-refractivity contribution in [2.24, 2.45) is 0 Å². The second-order valence-electron chi connectivity index (χ2n) is 11.4. The van der Waals surface area contributed by atoms with Crippen LogP contribution in [0.2, 0.25) is 5.02 Å². The minimum absolute atomic E-state index is 0.0380. The lowest BCUT2D eigenvalue weighted by Gasteiger charge is -2.36. The highest BCUT2D eigenvalue weighted by molar-refractivity contribution is 9.10. The molecule has 4 aromatic carbocycles. The predicted octanol–water partition coefficient (Wildman–Crippen LogP) is 10.1. The molecule has 3 unspecified atom stereocenters. The zero-order chi connectivity index (χ0) is 32.1. The Kier molecular flexibility index (Phi) is 13.7. The van der Waals surface area contributed by atoms with E-state index >= 15 is 0 Å². The second-order valence-corrected chi connectivity index (χ2v) is 12.9. The summed E-state index contributed by atoms with van der Waals surface area (Å²) in [6, 6.07) is 30.7. The maximum Gasteiger partial charge on any atom is 0.140 e. The molecule has 46 heavy (non-hydrogen) atoms. The van der Waals surface area contributed by atoms with Crippen LogP contribution < -0.4 is 9.47 Å². The molecule has 5 rings (SSSR count). The summed E-state index contributed by atoms with van der Waals surface area (Å²) < 4.78 is 32.2. The Balaban J connectivity index is 1.41. The lowest BCUT2D eigenvalue weighted by molar-refractivity contribution is -0.142. The summed E-state index contributed by atoms with van der Waals surface area (Å²) >= 11 is 16.8. The monoisotopic (exact) mass is 726 g/mol. The average Bonchev–Trinajstić information content (AvgIpc) is 3.09. The molecule has 5 nitrogen and oxygen atoms in total. The van der Waals surface area contributed by atoms with Gasteiger partial charge in [-0.25, -0.2) is 0 Å². The van der Waals surface area contributed by atoms with E-state index in [9.17, 15) is 0 Å². The van der Waals surface area contributed by atoms with Crippen LogP contribution in [0.15, 0.2) is 95.5 Å². The van der Waals surface area contributed by atoms with E-state index in [0.717, 1.165) is 44.5 Å². The van der Waals surface area contributed by atoms with Crippen LogP contribution in [0.1, 0.15) is 60.1 Å². The summed E-state index contributed by atoms with van der Waals surface area (Å²) in [5.74, 6) is 2.04. The van der Waals surface area contributed by atoms with Gasteiger partial charge in [-0.2, -0.15) is 0 Å². The maximum absolute atomic E-state index is 6.99. The van der Waals surface area contributed by atoms with E-state index < -0.39 is 0 Å². The molecule has 4 aromatic rings. The van der Waals surface area contributed by atoms with Crippen molar-refractivity contribution in [2.75, 3.05) is 25.7 Å². The van der Waals surface area contributed by atoms with Gasteiger partial charge >= 0.3 is 0 Å². The second kappa shape index (κ2) is 18.1. The van der Waals surface area contributed by atoms with Gasteiger partial charge in [-0.05, 0) is 76.1 Å². The molecule has 0 saturated carbocycles. The fraction of sp³-hybridized carbons (Fsp3) is 0.368. The van der Waals surface area contributed by atoms with Crippen molar-refractivity contribution < 1.29 is 23.7 Å². The van der Waals surface area contributed by atoms with E-state index in [-0.39, 0.29) is 18.3 Å². The molecule has 1 saturated heterocycles. The Morgan fingerprint density at radius 3 is 2.22 bits per heavy atom. The molecule has 0 bridgehead atoms. The van der Waals surface area contributed by atoms with Gasteiger partial charge in [-0.3, -0.25) is 0 Å². The normalized spacial score (nSPS) is 18.0. The lowest BCUT2D eigenvalue weighted by Crippen LogP contribution is -2.36. The van der Waals surface area contributed by atoms with Crippen molar-refractivity contribution in [1.82, 2.24) is 0 Å². The Morgan fingerprint density at radius 1 is 0.848 bits per heavy atom. The Hall–Kier alpha value is -2.58.